The summed E-state index contributed by atoms with van der Waals surface area (Å²) in [5, 5.41) is 22.1. The SMILES string of the molecule is CONC(=O)c1ncc(C(=O)NCc2ccc(F)cc2)c(CO)c1O. The van der Waals surface area contributed by atoms with E-state index in [1.807, 2.05) is 5.48 Å². The van der Waals surface area contributed by atoms with Gasteiger partial charge in [-0.2, -0.15) is 0 Å². The maximum Gasteiger partial charge on any atom is 0.297 e. The minimum atomic E-state index is -0.826. The van der Waals surface area contributed by atoms with Crippen LogP contribution in [0.2, 0.25) is 0 Å². The number of aromatic hydroxyl groups is 1. The van der Waals surface area contributed by atoms with Crippen molar-refractivity contribution in [3.8, 4) is 5.75 Å². The molecule has 8 nitrogen and oxygen atoms in total. The molecule has 0 atom stereocenters. The van der Waals surface area contributed by atoms with Crippen LogP contribution in [0.5, 0.6) is 5.75 Å². The average molecular weight is 349 g/mol. The zero-order valence-corrected chi connectivity index (χ0v) is 13.2. The van der Waals surface area contributed by atoms with Crippen LogP contribution in [0.15, 0.2) is 30.5 Å². The van der Waals surface area contributed by atoms with Crippen LogP contribution in [0.25, 0.3) is 0 Å². The van der Waals surface area contributed by atoms with Gasteiger partial charge in [0.05, 0.1) is 19.3 Å². The molecule has 2 amide bonds. The number of pyridine rings is 1. The molecule has 1 aromatic carbocycles. The molecule has 132 valence electrons. The number of nitrogens with one attached hydrogen (secondary N) is 2. The maximum atomic E-state index is 12.9. The summed E-state index contributed by atoms with van der Waals surface area (Å²) in [5.74, 6) is -2.45. The van der Waals surface area contributed by atoms with Crippen LogP contribution in [-0.2, 0) is 18.0 Å². The molecule has 9 heteroatoms. The Morgan fingerprint density at radius 2 is 1.92 bits per heavy atom. The number of aliphatic hydroxyl groups excluding tert-OH is 1. The van der Waals surface area contributed by atoms with Crippen LogP contribution in [0.4, 0.5) is 4.39 Å². The van der Waals surface area contributed by atoms with Gasteiger partial charge in [0.2, 0.25) is 0 Å². The van der Waals surface area contributed by atoms with Crippen molar-refractivity contribution >= 4 is 11.8 Å². The van der Waals surface area contributed by atoms with Crippen molar-refractivity contribution in [1.29, 1.82) is 0 Å². The highest BCUT2D eigenvalue weighted by Gasteiger charge is 2.22. The van der Waals surface area contributed by atoms with Crippen LogP contribution in [-0.4, -0.2) is 34.1 Å². The summed E-state index contributed by atoms with van der Waals surface area (Å²) in [6.45, 7) is -0.572. The zero-order valence-electron chi connectivity index (χ0n) is 13.2. The van der Waals surface area contributed by atoms with Crippen LogP contribution in [0.3, 0.4) is 0 Å². The fraction of sp³-hybridized carbons (Fsp3) is 0.188. The van der Waals surface area contributed by atoms with E-state index in [4.69, 9.17) is 0 Å². The summed E-state index contributed by atoms with van der Waals surface area (Å²) in [6.07, 6.45) is 1.07. The lowest BCUT2D eigenvalue weighted by molar-refractivity contribution is 0.0528. The van der Waals surface area contributed by atoms with Crippen molar-refractivity contribution in [2.75, 3.05) is 7.11 Å². The van der Waals surface area contributed by atoms with Gasteiger partial charge in [-0.1, -0.05) is 12.1 Å². The summed E-state index contributed by atoms with van der Waals surface area (Å²) < 4.78 is 12.9. The number of nitrogens with zero attached hydrogens (tertiary/aromatic N) is 1. The fourth-order valence-electron chi connectivity index (χ4n) is 2.08. The lowest BCUT2D eigenvalue weighted by atomic mass is 10.1. The van der Waals surface area contributed by atoms with E-state index in [0.717, 1.165) is 6.20 Å². The molecule has 2 aromatic rings. The Morgan fingerprint density at radius 3 is 2.52 bits per heavy atom. The monoisotopic (exact) mass is 349 g/mol. The van der Waals surface area contributed by atoms with E-state index in [0.29, 0.717) is 5.56 Å². The minimum absolute atomic E-state index is 0.0870. The summed E-state index contributed by atoms with van der Waals surface area (Å²) in [6, 6.07) is 5.54. The molecule has 0 saturated heterocycles. The van der Waals surface area contributed by atoms with Crippen LogP contribution in [0, 0.1) is 5.82 Å². The minimum Gasteiger partial charge on any atom is -0.505 e. The topological polar surface area (TPSA) is 121 Å². The van der Waals surface area contributed by atoms with Crippen molar-refractivity contribution in [3.05, 3.63) is 58.7 Å². The number of benzene rings is 1. The normalized spacial score (nSPS) is 10.4. The number of amides is 2. The molecule has 0 aliphatic heterocycles. The second-order valence-corrected chi connectivity index (χ2v) is 4.95. The standard InChI is InChI=1S/C16H16FN3O5/c1-25-20-16(24)13-14(22)12(8-21)11(7-18-13)15(23)19-6-9-2-4-10(17)5-3-9/h2-5,7,21-22H,6,8H2,1H3,(H,19,23)(H,20,24). The molecule has 4 N–H and O–H groups in total. The molecule has 1 aromatic heterocycles. The maximum absolute atomic E-state index is 12.9. The number of aliphatic hydroxyl groups is 1. The molecular formula is C16H16FN3O5. The number of carbonyl (C=O) groups is 2. The smallest absolute Gasteiger partial charge is 0.297 e. The number of hydrogen-bond donors (Lipinski definition) is 4. The Kier molecular flexibility index (Phi) is 5.98. The Labute approximate surface area is 142 Å². The largest absolute Gasteiger partial charge is 0.505 e. The van der Waals surface area contributed by atoms with E-state index in [-0.39, 0.29) is 23.4 Å². The second-order valence-electron chi connectivity index (χ2n) is 4.95. The Bertz CT molecular complexity index is 780. The second kappa shape index (κ2) is 8.18. The van der Waals surface area contributed by atoms with Crippen LogP contribution >= 0.6 is 0 Å². The zero-order chi connectivity index (χ0) is 18.4. The van der Waals surface area contributed by atoms with Gasteiger partial charge < -0.3 is 15.5 Å². The van der Waals surface area contributed by atoms with Gasteiger partial charge >= 0.3 is 0 Å². The summed E-state index contributed by atoms with van der Waals surface area (Å²) in [4.78, 5) is 32.1. The highest BCUT2D eigenvalue weighted by Crippen LogP contribution is 2.24. The van der Waals surface area contributed by atoms with E-state index in [1.54, 1.807) is 0 Å². The van der Waals surface area contributed by atoms with Gasteiger partial charge in [0.15, 0.2) is 11.4 Å². The Balaban J connectivity index is 2.19. The first-order valence-electron chi connectivity index (χ1n) is 7.15. The number of aromatic nitrogens is 1. The predicted octanol–water partition coefficient (Wildman–Crippen LogP) is 0.640. The van der Waals surface area contributed by atoms with Crippen molar-refractivity contribution < 1.29 is 29.0 Å². The van der Waals surface area contributed by atoms with Crippen LogP contribution in [0.1, 0.15) is 32.0 Å². The van der Waals surface area contributed by atoms with Crippen molar-refractivity contribution in [1.82, 2.24) is 15.8 Å². The number of hydroxylamine groups is 1. The first kappa shape index (κ1) is 18.3. The molecule has 2 rings (SSSR count). The van der Waals surface area contributed by atoms with Gasteiger partial charge in [-0.25, -0.2) is 14.9 Å². The molecule has 0 aliphatic carbocycles. The third-order valence-corrected chi connectivity index (χ3v) is 3.34. The van der Waals surface area contributed by atoms with E-state index in [9.17, 15) is 24.2 Å². The Morgan fingerprint density at radius 1 is 1.24 bits per heavy atom. The van der Waals surface area contributed by atoms with E-state index < -0.39 is 30.0 Å². The molecular weight excluding hydrogens is 333 g/mol. The van der Waals surface area contributed by atoms with Gasteiger partial charge in [-0.05, 0) is 17.7 Å². The van der Waals surface area contributed by atoms with Gasteiger partial charge in [0.25, 0.3) is 11.8 Å². The molecule has 0 aliphatic rings. The first-order valence-corrected chi connectivity index (χ1v) is 7.15. The summed E-state index contributed by atoms with van der Waals surface area (Å²) in [5.41, 5.74) is 2.02. The van der Waals surface area contributed by atoms with Gasteiger partial charge in [-0.15, -0.1) is 0 Å². The summed E-state index contributed by atoms with van der Waals surface area (Å²) >= 11 is 0. The number of halogens is 1. The molecule has 0 saturated carbocycles. The molecule has 0 radical (unpaired) electrons. The van der Waals surface area contributed by atoms with Gasteiger partial charge in [-0.3, -0.25) is 14.4 Å². The summed E-state index contributed by atoms with van der Waals surface area (Å²) in [7, 11) is 1.21. The van der Waals surface area contributed by atoms with E-state index in [1.165, 1.54) is 31.4 Å². The van der Waals surface area contributed by atoms with Crippen molar-refractivity contribution in [3.63, 3.8) is 0 Å². The van der Waals surface area contributed by atoms with Gasteiger partial charge in [0.1, 0.15) is 5.82 Å². The molecule has 0 unspecified atom stereocenters. The van der Waals surface area contributed by atoms with E-state index >= 15 is 0 Å². The first-order chi connectivity index (χ1) is 12.0. The fourth-order valence-corrected chi connectivity index (χ4v) is 2.08. The predicted molar refractivity (Wildman–Crippen MR) is 83.9 cm³/mol. The van der Waals surface area contributed by atoms with E-state index in [2.05, 4.69) is 15.1 Å². The number of rotatable bonds is 6. The quantitative estimate of drug-likeness (QED) is 0.568. The lowest BCUT2D eigenvalue weighted by Gasteiger charge is -2.12. The number of hydrogen-bond acceptors (Lipinski definition) is 6. The Hall–Kier alpha value is -3.04. The molecule has 0 bridgehead atoms. The van der Waals surface area contributed by atoms with Crippen molar-refractivity contribution in [2.45, 2.75) is 13.2 Å². The lowest BCUT2D eigenvalue weighted by Crippen LogP contribution is -2.26. The van der Waals surface area contributed by atoms with Gasteiger partial charge in [0, 0.05) is 18.3 Å². The molecule has 0 fully saturated rings. The average Bonchev–Trinajstić information content (AvgIpc) is 2.60. The van der Waals surface area contributed by atoms with Crippen LogP contribution < -0.4 is 10.8 Å². The number of carbonyl (C=O) groups excluding carboxylic acids is 2. The molecule has 25 heavy (non-hydrogen) atoms. The highest BCUT2D eigenvalue weighted by molar-refractivity contribution is 5.99. The molecule has 0 spiro atoms. The molecule has 1 heterocycles. The highest BCUT2D eigenvalue weighted by atomic mass is 19.1. The third-order valence-electron chi connectivity index (χ3n) is 3.34. The van der Waals surface area contributed by atoms with Crippen molar-refractivity contribution in [2.24, 2.45) is 0 Å². The third kappa shape index (κ3) is 4.28.